The summed E-state index contributed by atoms with van der Waals surface area (Å²) >= 11 is 0. The van der Waals surface area contributed by atoms with Crippen molar-refractivity contribution in [2.75, 3.05) is 0 Å². The van der Waals surface area contributed by atoms with Crippen LogP contribution in [0.5, 0.6) is 0 Å². The highest BCUT2D eigenvalue weighted by Gasteiger charge is 2.55. The van der Waals surface area contributed by atoms with Crippen molar-refractivity contribution in [3.8, 4) is 0 Å². The average molecular weight is 248 g/mol. The summed E-state index contributed by atoms with van der Waals surface area (Å²) in [5.74, 6) is -0.577. The van der Waals surface area contributed by atoms with Crippen LogP contribution < -0.4 is 0 Å². The minimum atomic E-state index is -4.86. The Morgan fingerprint density at radius 1 is 1.00 bits per heavy atom. The fourth-order valence-corrected chi connectivity index (χ4v) is 4.41. The van der Waals surface area contributed by atoms with Gasteiger partial charge in [0.25, 0.3) is 0 Å². The second-order valence-corrected chi connectivity index (χ2v) is 5.99. The number of rotatable bonds is 1. The van der Waals surface area contributed by atoms with Crippen molar-refractivity contribution in [2.24, 2.45) is 17.8 Å². The molecule has 0 amide bonds. The molecule has 96 valence electrons. The Bertz CT molecular complexity index is 313. The van der Waals surface area contributed by atoms with Crippen LogP contribution in [0.1, 0.15) is 38.5 Å². The molecule has 0 unspecified atom stereocenters. The summed E-state index contributed by atoms with van der Waals surface area (Å²) in [6, 6.07) is 0. The Morgan fingerprint density at radius 2 is 1.41 bits per heavy atom. The molecule has 17 heavy (non-hydrogen) atoms. The van der Waals surface area contributed by atoms with Crippen LogP contribution in [0.3, 0.4) is 0 Å². The van der Waals surface area contributed by atoms with Gasteiger partial charge >= 0.3 is 12.1 Å². The maximum Gasteiger partial charge on any atom is 0.490 e. The summed E-state index contributed by atoms with van der Waals surface area (Å²) < 4.78 is 41.6. The van der Waals surface area contributed by atoms with Crippen molar-refractivity contribution < 1.29 is 22.7 Å². The van der Waals surface area contributed by atoms with E-state index in [0.717, 1.165) is 19.3 Å². The lowest BCUT2D eigenvalue weighted by Crippen LogP contribution is -2.54. The summed E-state index contributed by atoms with van der Waals surface area (Å²) in [6.45, 7) is 0. The molecule has 4 saturated carbocycles. The zero-order valence-corrected chi connectivity index (χ0v) is 9.43. The van der Waals surface area contributed by atoms with Gasteiger partial charge in [0, 0.05) is 0 Å². The maximum atomic E-state index is 12.3. The van der Waals surface area contributed by atoms with E-state index in [2.05, 4.69) is 0 Å². The topological polar surface area (TPSA) is 26.3 Å². The van der Waals surface area contributed by atoms with Gasteiger partial charge in [0.1, 0.15) is 5.60 Å². The molecule has 4 bridgehead atoms. The van der Waals surface area contributed by atoms with E-state index in [0.29, 0.717) is 37.0 Å². The molecule has 0 N–H and O–H groups in total. The SMILES string of the molecule is O=C(OC12CC3CC(CC(C3)C1)C2)C(F)(F)F. The largest absolute Gasteiger partial charge is 0.490 e. The summed E-state index contributed by atoms with van der Waals surface area (Å²) in [4.78, 5) is 11.0. The van der Waals surface area contributed by atoms with E-state index in [9.17, 15) is 18.0 Å². The lowest BCUT2D eigenvalue weighted by Gasteiger charge is -2.55. The molecular weight excluding hydrogens is 233 g/mol. The van der Waals surface area contributed by atoms with E-state index < -0.39 is 17.7 Å². The van der Waals surface area contributed by atoms with Crippen molar-refractivity contribution >= 4 is 5.97 Å². The molecule has 5 heteroatoms. The number of hydrogen-bond acceptors (Lipinski definition) is 2. The molecule has 0 saturated heterocycles. The number of hydrogen-bond donors (Lipinski definition) is 0. The summed E-state index contributed by atoms with van der Waals surface area (Å²) in [6.07, 6.45) is 0.403. The van der Waals surface area contributed by atoms with Crippen molar-refractivity contribution in [3.63, 3.8) is 0 Å². The molecular formula is C12H15F3O2. The highest BCUT2D eigenvalue weighted by atomic mass is 19.4. The lowest BCUT2D eigenvalue weighted by molar-refractivity contribution is -0.230. The van der Waals surface area contributed by atoms with Crippen LogP contribution in [0.4, 0.5) is 13.2 Å². The first-order valence-electron chi connectivity index (χ1n) is 6.16. The van der Waals surface area contributed by atoms with E-state index in [4.69, 9.17) is 4.74 Å². The number of carbonyl (C=O) groups is 1. The van der Waals surface area contributed by atoms with E-state index in [1.165, 1.54) is 0 Å². The Hall–Kier alpha value is -0.740. The van der Waals surface area contributed by atoms with Crippen LogP contribution >= 0.6 is 0 Å². The minimum Gasteiger partial charge on any atom is -0.452 e. The van der Waals surface area contributed by atoms with Gasteiger partial charge in [0.15, 0.2) is 0 Å². The Balaban J connectivity index is 1.76. The average Bonchev–Trinajstić information content (AvgIpc) is 2.12. The molecule has 0 aliphatic heterocycles. The van der Waals surface area contributed by atoms with Gasteiger partial charge in [-0.3, -0.25) is 0 Å². The van der Waals surface area contributed by atoms with Crippen LogP contribution in [0.25, 0.3) is 0 Å². The summed E-state index contributed by atoms with van der Waals surface area (Å²) in [7, 11) is 0. The third-order valence-corrected chi connectivity index (χ3v) is 4.52. The molecule has 0 aromatic rings. The molecule has 0 atom stereocenters. The zero-order valence-electron chi connectivity index (χ0n) is 9.43. The van der Waals surface area contributed by atoms with Crippen LogP contribution in [-0.2, 0) is 9.53 Å². The number of ether oxygens (including phenoxy) is 1. The van der Waals surface area contributed by atoms with E-state index in [1.54, 1.807) is 0 Å². The number of esters is 1. The van der Waals surface area contributed by atoms with Gasteiger partial charge in [-0.05, 0) is 56.3 Å². The van der Waals surface area contributed by atoms with Gasteiger partial charge in [-0.15, -0.1) is 0 Å². The standard InChI is InChI=1S/C12H15F3O2/c13-12(14,15)10(16)17-11-4-7-1-8(5-11)3-9(2-7)6-11/h7-9H,1-6H2. The molecule has 0 radical (unpaired) electrons. The molecule has 0 aromatic heterocycles. The second-order valence-electron chi connectivity index (χ2n) is 5.99. The van der Waals surface area contributed by atoms with Crippen LogP contribution in [-0.4, -0.2) is 17.7 Å². The molecule has 4 aliphatic carbocycles. The monoisotopic (exact) mass is 248 g/mol. The first kappa shape index (κ1) is 11.4. The normalized spacial score (nSPS) is 43.8. The van der Waals surface area contributed by atoms with Gasteiger partial charge < -0.3 is 4.74 Å². The molecule has 0 spiro atoms. The van der Waals surface area contributed by atoms with Crippen LogP contribution in [0, 0.1) is 17.8 Å². The Morgan fingerprint density at radius 3 is 1.76 bits per heavy atom. The van der Waals surface area contributed by atoms with Crippen molar-refractivity contribution in [2.45, 2.75) is 50.3 Å². The second kappa shape index (κ2) is 3.39. The predicted molar refractivity (Wildman–Crippen MR) is 53.1 cm³/mol. The lowest BCUT2D eigenvalue weighted by atomic mass is 9.54. The van der Waals surface area contributed by atoms with E-state index >= 15 is 0 Å². The number of halogens is 3. The summed E-state index contributed by atoms with van der Waals surface area (Å²) in [5, 5.41) is 0. The van der Waals surface area contributed by atoms with Gasteiger partial charge in [-0.25, -0.2) is 4.79 Å². The molecule has 4 rings (SSSR count). The first-order valence-corrected chi connectivity index (χ1v) is 6.16. The van der Waals surface area contributed by atoms with E-state index in [-0.39, 0.29) is 0 Å². The predicted octanol–water partition coefficient (Wildman–Crippen LogP) is 3.06. The third kappa shape index (κ3) is 1.93. The highest BCUT2D eigenvalue weighted by molar-refractivity contribution is 5.76. The quantitative estimate of drug-likeness (QED) is 0.667. The van der Waals surface area contributed by atoms with E-state index in [1.807, 2.05) is 0 Å². The third-order valence-electron chi connectivity index (χ3n) is 4.52. The zero-order chi connectivity index (χ0) is 12.3. The molecule has 4 fully saturated rings. The van der Waals surface area contributed by atoms with Crippen molar-refractivity contribution in [1.82, 2.24) is 0 Å². The van der Waals surface area contributed by atoms with Crippen LogP contribution in [0.2, 0.25) is 0 Å². The summed E-state index contributed by atoms with van der Waals surface area (Å²) in [5.41, 5.74) is -0.790. The van der Waals surface area contributed by atoms with Gasteiger partial charge in [-0.2, -0.15) is 13.2 Å². The molecule has 0 heterocycles. The number of carbonyl (C=O) groups excluding carboxylic acids is 1. The maximum absolute atomic E-state index is 12.3. The molecule has 0 aromatic carbocycles. The van der Waals surface area contributed by atoms with Crippen molar-refractivity contribution in [3.05, 3.63) is 0 Å². The first-order chi connectivity index (χ1) is 7.86. The fourth-order valence-electron chi connectivity index (χ4n) is 4.41. The van der Waals surface area contributed by atoms with Gasteiger partial charge in [0.2, 0.25) is 0 Å². The van der Waals surface area contributed by atoms with Crippen LogP contribution in [0.15, 0.2) is 0 Å². The smallest absolute Gasteiger partial charge is 0.452 e. The Labute approximate surface area is 97.5 Å². The number of alkyl halides is 3. The molecule has 2 nitrogen and oxygen atoms in total. The molecule has 4 aliphatic rings. The fraction of sp³-hybridized carbons (Fsp3) is 0.917. The minimum absolute atomic E-state index is 0.474. The van der Waals surface area contributed by atoms with Crippen molar-refractivity contribution in [1.29, 1.82) is 0 Å². The van der Waals surface area contributed by atoms with Gasteiger partial charge in [-0.1, -0.05) is 0 Å². The highest BCUT2D eigenvalue weighted by Crippen LogP contribution is 2.57. The van der Waals surface area contributed by atoms with Gasteiger partial charge in [0.05, 0.1) is 0 Å². The Kier molecular flexibility index (Phi) is 2.26.